The van der Waals surface area contributed by atoms with E-state index in [4.69, 9.17) is 23.2 Å². The second-order valence-corrected chi connectivity index (χ2v) is 8.82. The van der Waals surface area contributed by atoms with Gasteiger partial charge in [-0.15, -0.1) is 0 Å². The number of aromatic nitrogens is 2. The third-order valence-electron chi connectivity index (χ3n) is 5.75. The number of benzene rings is 3. The van der Waals surface area contributed by atoms with Crippen molar-refractivity contribution in [2.24, 2.45) is 0 Å². The van der Waals surface area contributed by atoms with Gasteiger partial charge in [-0.05, 0) is 47.5 Å². The first-order valence-corrected chi connectivity index (χ1v) is 11.5. The van der Waals surface area contributed by atoms with E-state index in [2.05, 4.69) is 9.97 Å². The highest BCUT2D eigenvalue weighted by atomic mass is 35.5. The number of carbonyl (C=O) groups excluding carboxylic acids is 3. The molecule has 1 N–H and O–H groups in total. The van der Waals surface area contributed by atoms with Gasteiger partial charge in [0.25, 0.3) is 11.7 Å². The molecule has 0 spiro atoms. The number of hydrogen-bond donors (Lipinski definition) is 1. The number of H-pyrrole nitrogens is 1. The van der Waals surface area contributed by atoms with Crippen LogP contribution in [0.1, 0.15) is 15.9 Å². The maximum atomic E-state index is 13.6. The molecule has 0 bridgehead atoms. The summed E-state index contributed by atoms with van der Waals surface area (Å²) in [5, 5.41) is 0.783. The van der Waals surface area contributed by atoms with Gasteiger partial charge in [-0.1, -0.05) is 53.5 Å². The third kappa shape index (κ3) is 4.43. The predicted octanol–water partition coefficient (Wildman–Crippen LogP) is 5.15. The summed E-state index contributed by atoms with van der Waals surface area (Å²) in [4.78, 5) is 48.6. The molecule has 0 unspecified atom stereocenters. The van der Waals surface area contributed by atoms with E-state index in [0.717, 1.165) is 21.7 Å². The number of halogens is 2. The van der Waals surface area contributed by atoms with Gasteiger partial charge in [0.15, 0.2) is 0 Å². The Morgan fingerprint density at radius 2 is 1.77 bits per heavy atom. The van der Waals surface area contributed by atoms with E-state index >= 15 is 0 Å². The van der Waals surface area contributed by atoms with E-state index in [-0.39, 0.29) is 35.3 Å². The minimum atomic E-state index is -0.779. The van der Waals surface area contributed by atoms with E-state index in [1.807, 2.05) is 30.3 Å². The van der Waals surface area contributed by atoms with Crippen LogP contribution in [-0.4, -0.2) is 34.1 Å². The maximum Gasteiger partial charge on any atom is 0.300 e. The van der Waals surface area contributed by atoms with Crippen molar-refractivity contribution in [3.63, 3.8) is 0 Å². The van der Waals surface area contributed by atoms with Gasteiger partial charge < -0.3 is 9.88 Å². The number of fused-ring (bicyclic) bond motifs is 1. The quantitative estimate of drug-likeness (QED) is 0.368. The Hall–Kier alpha value is -3.94. The molecule has 0 atom stereocenters. The van der Waals surface area contributed by atoms with Crippen molar-refractivity contribution in [3.05, 3.63) is 100 Å². The molecule has 9 heteroatoms. The first kappa shape index (κ1) is 22.8. The van der Waals surface area contributed by atoms with Crippen LogP contribution in [0.3, 0.4) is 0 Å². The molecule has 1 aliphatic heterocycles. The zero-order valence-corrected chi connectivity index (χ0v) is 19.8. The summed E-state index contributed by atoms with van der Waals surface area (Å²) in [5.41, 5.74) is 3.64. The fourth-order valence-corrected chi connectivity index (χ4v) is 4.55. The molecule has 1 aromatic heterocycles. The summed E-state index contributed by atoms with van der Waals surface area (Å²) in [7, 11) is 0. The van der Waals surface area contributed by atoms with Gasteiger partial charge in [-0.3, -0.25) is 19.3 Å². The smallest absolute Gasteiger partial charge is 0.300 e. The number of amides is 2. The molecule has 0 saturated heterocycles. The molecule has 3 aromatic carbocycles. The molecule has 7 nitrogen and oxygen atoms in total. The molecular formula is C26H18Cl2N4O3. The predicted molar refractivity (Wildman–Crippen MR) is 135 cm³/mol. The Labute approximate surface area is 210 Å². The number of anilines is 2. The van der Waals surface area contributed by atoms with E-state index < -0.39 is 11.7 Å². The Morgan fingerprint density at radius 3 is 2.49 bits per heavy atom. The van der Waals surface area contributed by atoms with Crippen molar-refractivity contribution in [1.29, 1.82) is 0 Å². The first-order chi connectivity index (χ1) is 16.9. The van der Waals surface area contributed by atoms with Crippen LogP contribution >= 0.6 is 23.2 Å². The highest BCUT2D eigenvalue weighted by Gasteiger charge is 2.39. The van der Waals surface area contributed by atoms with Gasteiger partial charge in [0.05, 0.1) is 41.0 Å². The number of hydrogen-bond acceptors (Lipinski definition) is 4. The molecular weight excluding hydrogens is 487 g/mol. The summed E-state index contributed by atoms with van der Waals surface area (Å²) in [6.07, 6.45) is 3.30. The van der Waals surface area contributed by atoms with Gasteiger partial charge in [0.1, 0.15) is 6.54 Å². The summed E-state index contributed by atoms with van der Waals surface area (Å²) < 4.78 is 0. The Kier molecular flexibility index (Phi) is 6.11. The van der Waals surface area contributed by atoms with Crippen molar-refractivity contribution in [2.45, 2.75) is 6.54 Å². The normalized spacial score (nSPS) is 12.7. The van der Waals surface area contributed by atoms with Crippen LogP contribution in [0.15, 0.2) is 79.3 Å². The van der Waals surface area contributed by atoms with Crippen LogP contribution in [0, 0.1) is 0 Å². The number of ketones is 1. The lowest BCUT2D eigenvalue weighted by molar-refractivity contribution is -0.120. The van der Waals surface area contributed by atoms with Crippen molar-refractivity contribution < 1.29 is 14.4 Å². The largest absolute Gasteiger partial charge is 0.345 e. The van der Waals surface area contributed by atoms with Crippen LogP contribution in [0.2, 0.25) is 10.0 Å². The monoisotopic (exact) mass is 504 g/mol. The molecule has 2 amide bonds. The Balaban J connectivity index is 1.48. The lowest BCUT2D eigenvalue weighted by Crippen LogP contribution is -2.42. The standard InChI is InChI=1S/C26H18Cl2N4O3/c27-18-4-1-3-16(11-18)13-31(19-9-7-17(8-10-19)22-12-29-15-30-22)23(33)14-32-24-20(25(34)26(32)35)5-2-6-21(24)28/h1-12,15H,13-14H2,(H,29,30). The molecule has 0 saturated carbocycles. The van der Waals surface area contributed by atoms with Crippen LogP contribution in [0.4, 0.5) is 11.4 Å². The van der Waals surface area contributed by atoms with E-state index in [0.29, 0.717) is 10.7 Å². The zero-order valence-electron chi connectivity index (χ0n) is 18.2. The fourth-order valence-electron chi connectivity index (χ4n) is 4.06. The molecule has 0 fully saturated rings. The molecule has 0 aliphatic carbocycles. The van der Waals surface area contributed by atoms with Crippen molar-refractivity contribution >= 4 is 52.2 Å². The minimum absolute atomic E-state index is 0.195. The molecule has 174 valence electrons. The van der Waals surface area contributed by atoms with E-state index in [9.17, 15) is 14.4 Å². The number of imidazole rings is 1. The Bertz CT molecular complexity index is 1440. The molecule has 5 rings (SSSR count). The number of carbonyl (C=O) groups is 3. The summed E-state index contributed by atoms with van der Waals surface area (Å²) in [6, 6.07) is 19.3. The number of Topliss-reactive ketones (excluding diaryl/α,β-unsaturated/α-hetero) is 1. The van der Waals surface area contributed by atoms with Crippen LogP contribution in [0.5, 0.6) is 0 Å². The lowest BCUT2D eigenvalue weighted by Gasteiger charge is -2.26. The molecule has 0 radical (unpaired) electrons. The van der Waals surface area contributed by atoms with Crippen LogP contribution in [0.25, 0.3) is 11.3 Å². The maximum absolute atomic E-state index is 13.6. The van der Waals surface area contributed by atoms with Crippen molar-refractivity contribution in [3.8, 4) is 11.3 Å². The average Bonchev–Trinajstić information content (AvgIpc) is 3.47. The second-order valence-electron chi connectivity index (χ2n) is 7.98. The van der Waals surface area contributed by atoms with Gasteiger partial charge in [-0.2, -0.15) is 0 Å². The zero-order chi connectivity index (χ0) is 24.5. The van der Waals surface area contributed by atoms with Crippen LogP contribution < -0.4 is 9.80 Å². The van der Waals surface area contributed by atoms with Gasteiger partial charge in [0, 0.05) is 10.7 Å². The van der Waals surface area contributed by atoms with Crippen molar-refractivity contribution in [2.75, 3.05) is 16.3 Å². The molecule has 35 heavy (non-hydrogen) atoms. The van der Waals surface area contributed by atoms with Gasteiger partial charge in [-0.25, -0.2) is 4.98 Å². The number of nitrogens with zero attached hydrogens (tertiary/aromatic N) is 3. The highest BCUT2D eigenvalue weighted by molar-refractivity contribution is 6.54. The second kappa shape index (κ2) is 9.37. The number of nitrogens with one attached hydrogen (secondary N) is 1. The summed E-state index contributed by atoms with van der Waals surface area (Å²) in [6.45, 7) is -0.127. The fraction of sp³-hybridized carbons (Fsp3) is 0.0769. The van der Waals surface area contributed by atoms with E-state index in [1.165, 1.54) is 6.07 Å². The summed E-state index contributed by atoms with van der Waals surface area (Å²) >= 11 is 12.5. The van der Waals surface area contributed by atoms with E-state index in [1.54, 1.807) is 47.8 Å². The Morgan fingerprint density at radius 1 is 1.00 bits per heavy atom. The van der Waals surface area contributed by atoms with Crippen molar-refractivity contribution in [1.82, 2.24) is 9.97 Å². The SMILES string of the molecule is O=C1C(=O)N(CC(=O)N(Cc2cccc(Cl)c2)c2ccc(-c3cnc[nH]3)cc2)c2c(Cl)cccc21. The highest BCUT2D eigenvalue weighted by Crippen LogP contribution is 2.36. The molecule has 2 heterocycles. The average molecular weight is 505 g/mol. The number of para-hydroxylation sites is 1. The lowest BCUT2D eigenvalue weighted by atomic mass is 10.1. The topological polar surface area (TPSA) is 86.4 Å². The van der Waals surface area contributed by atoms with Crippen LogP contribution in [-0.2, 0) is 16.1 Å². The molecule has 4 aromatic rings. The number of rotatable bonds is 6. The minimum Gasteiger partial charge on any atom is -0.345 e. The van der Waals surface area contributed by atoms with Gasteiger partial charge in [0.2, 0.25) is 5.91 Å². The van der Waals surface area contributed by atoms with Gasteiger partial charge >= 0.3 is 0 Å². The summed E-state index contributed by atoms with van der Waals surface area (Å²) in [5.74, 6) is -1.84. The third-order valence-corrected chi connectivity index (χ3v) is 6.29. The first-order valence-electron chi connectivity index (χ1n) is 10.7. The number of aromatic amines is 1. The molecule has 1 aliphatic rings.